The summed E-state index contributed by atoms with van der Waals surface area (Å²) < 4.78 is 0. The Hall–Kier alpha value is -2.15. The van der Waals surface area contributed by atoms with Crippen molar-refractivity contribution in [3.8, 4) is 0 Å². The third-order valence-corrected chi connectivity index (χ3v) is 3.86. The van der Waals surface area contributed by atoms with Crippen molar-refractivity contribution in [3.63, 3.8) is 0 Å². The maximum atomic E-state index is 11.0. The molecule has 1 saturated heterocycles. The molecule has 0 aromatic heterocycles. The van der Waals surface area contributed by atoms with E-state index in [1.165, 1.54) is 18.2 Å². The predicted molar refractivity (Wildman–Crippen MR) is 78.8 cm³/mol. The molecule has 1 aliphatic heterocycles. The number of anilines is 1. The molecular weight excluding hydrogens is 274 g/mol. The van der Waals surface area contributed by atoms with E-state index < -0.39 is 10.9 Å². The third-order valence-electron chi connectivity index (χ3n) is 3.86. The average Bonchev–Trinajstić information content (AvgIpc) is 2.46. The number of hydrogen-bond acceptors (Lipinski definition) is 5. The van der Waals surface area contributed by atoms with Gasteiger partial charge in [-0.25, -0.2) is 4.79 Å². The van der Waals surface area contributed by atoms with Crippen molar-refractivity contribution in [2.24, 2.45) is 5.92 Å². The van der Waals surface area contributed by atoms with E-state index in [9.17, 15) is 14.9 Å². The zero-order valence-electron chi connectivity index (χ0n) is 11.9. The summed E-state index contributed by atoms with van der Waals surface area (Å²) >= 11 is 0. The van der Waals surface area contributed by atoms with E-state index in [-0.39, 0.29) is 16.9 Å². The number of carbonyl (C=O) groups is 1. The van der Waals surface area contributed by atoms with Gasteiger partial charge in [-0.2, -0.15) is 0 Å². The van der Waals surface area contributed by atoms with Crippen LogP contribution in [0.25, 0.3) is 0 Å². The first-order valence-electron chi connectivity index (χ1n) is 6.91. The van der Waals surface area contributed by atoms with E-state index in [0.29, 0.717) is 12.5 Å². The molecule has 21 heavy (non-hydrogen) atoms. The van der Waals surface area contributed by atoms with Gasteiger partial charge < -0.3 is 15.3 Å². The molecule has 0 bridgehead atoms. The van der Waals surface area contributed by atoms with Crippen LogP contribution in [0.15, 0.2) is 18.2 Å². The van der Waals surface area contributed by atoms with E-state index in [2.05, 4.69) is 17.3 Å². The summed E-state index contributed by atoms with van der Waals surface area (Å²) in [6, 6.07) is 3.82. The number of carboxylic acid groups (broad SMARTS) is 1. The Balaban J connectivity index is 2.08. The van der Waals surface area contributed by atoms with Gasteiger partial charge in [-0.05, 0) is 51.0 Å². The van der Waals surface area contributed by atoms with E-state index in [1.807, 2.05) is 0 Å². The summed E-state index contributed by atoms with van der Waals surface area (Å²) in [7, 11) is 2.07. The second-order valence-corrected chi connectivity index (χ2v) is 5.42. The lowest BCUT2D eigenvalue weighted by Crippen LogP contribution is -2.33. The number of nitro groups is 1. The number of rotatable bonds is 5. The van der Waals surface area contributed by atoms with Crippen LogP contribution in [-0.2, 0) is 0 Å². The first-order valence-corrected chi connectivity index (χ1v) is 6.91. The average molecular weight is 293 g/mol. The standard InChI is InChI=1S/C14H19N3O4/c1-16-6-4-10(5-7-16)9-15-12-8-11(14(18)19)2-3-13(12)17(20)21/h2-3,8,10,15H,4-7,9H2,1H3,(H,18,19). The highest BCUT2D eigenvalue weighted by molar-refractivity contribution is 5.90. The Bertz CT molecular complexity index is 539. The van der Waals surface area contributed by atoms with Gasteiger partial charge in [0.1, 0.15) is 5.69 Å². The first-order chi connectivity index (χ1) is 9.97. The molecule has 0 aliphatic carbocycles. The molecule has 0 spiro atoms. The van der Waals surface area contributed by atoms with Gasteiger partial charge in [0.2, 0.25) is 0 Å². The zero-order chi connectivity index (χ0) is 15.4. The lowest BCUT2D eigenvalue weighted by molar-refractivity contribution is -0.384. The van der Waals surface area contributed by atoms with Gasteiger partial charge in [0, 0.05) is 12.6 Å². The molecule has 2 N–H and O–H groups in total. The van der Waals surface area contributed by atoms with Crippen molar-refractivity contribution in [2.75, 3.05) is 32.0 Å². The van der Waals surface area contributed by atoms with Crippen molar-refractivity contribution in [1.82, 2.24) is 4.90 Å². The molecule has 0 radical (unpaired) electrons. The molecule has 1 aliphatic rings. The molecule has 1 aromatic carbocycles. The van der Waals surface area contributed by atoms with Crippen LogP contribution in [0.2, 0.25) is 0 Å². The van der Waals surface area contributed by atoms with Crippen molar-refractivity contribution in [2.45, 2.75) is 12.8 Å². The molecule has 7 nitrogen and oxygen atoms in total. The monoisotopic (exact) mass is 293 g/mol. The molecule has 2 rings (SSSR count). The maximum Gasteiger partial charge on any atom is 0.335 e. The number of carboxylic acids is 1. The fourth-order valence-electron chi connectivity index (χ4n) is 2.49. The molecule has 1 heterocycles. The molecular formula is C14H19N3O4. The van der Waals surface area contributed by atoms with Gasteiger partial charge >= 0.3 is 5.97 Å². The van der Waals surface area contributed by atoms with E-state index >= 15 is 0 Å². The summed E-state index contributed by atoms with van der Waals surface area (Å²) in [6.45, 7) is 2.66. The van der Waals surface area contributed by atoms with E-state index in [1.54, 1.807) is 0 Å². The highest BCUT2D eigenvalue weighted by Gasteiger charge is 2.20. The number of hydrogen-bond donors (Lipinski definition) is 2. The van der Waals surface area contributed by atoms with Gasteiger partial charge in [-0.3, -0.25) is 10.1 Å². The topological polar surface area (TPSA) is 95.7 Å². The fraction of sp³-hybridized carbons (Fsp3) is 0.500. The largest absolute Gasteiger partial charge is 0.478 e. The Kier molecular flexibility index (Phi) is 4.74. The van der Waals surface area contributed by atoms with Crippen molar-refractivity contribution in [1.29, 1.82) is 0 Å². The van der Waals surface area contributed by atoms with Gasteiger partial charge in [0.15, 0.2) is 0 Å². The smallest absolute Gasteiger partial charge is 0.335 e. The van der Waals surface area contributed by atoms with Gasteiger partial charge in [-0.1, -0.05) is 0 Å². The first kappa shape index (κ1) is 15.2. The highest BCUT2D eigenvalue weighted by atomic mass is 16.6. The molecule has 1 aromatic rings. The van der Waals surface area contributed by atoms with Crippen molar-refractivity contribution < 1.29 is 14.8 Å². The van der Waals surface area contributed by atoms with Crippen molar-refractivity contribution >= 4 is 17.3 Å². The van der Waals surface area contributed by atoms with Crippen LogP contribution in [0.3, 0.4) is 0 Å². The number of aromatic carboxylic acids is 1. The molecule has 114 valence electrons. The molecule has 0 unspecified atom stereocenters. The number of nitro benzene ring substituents is 1. The minimum Gasteiger partial charge on any atom is -0.478 e. The second-order valence-electron chi connectivity index (χ2n) is 5.42. The summed E-state index contributed by atoms with van der Waals surface area (Å²) in [4.78, 5) is 23.7. The van der Waals surface area contributed by atoms with Crippen LogP contribution < -0.4 is 5.32 Å². The molecule has 0 saturated carbocycles. The van der Waals surface area contributed by atoms with E-state index in [0.717, 1.165) is 25.9 Å². The van der Waals surface area contributed by atoms with Gasteiger partial charge in [0.05, 0.1) is 10.5 Å². The van der Waals surface area contributed by atoms with Gasteiger partial charge in [0.25, 0.3) is 5.69 Å². The predicted octanol–water partition coefficient (Wildman–Crippen LogP) is 2.05. The Morgan fingerprint density at radius 1 is 1.48 bits per heavy atom. The second kappa shape index (κ2) is 6.53. The molecule has 1 fully saturated rings. The Labute approximate surface area is 122 Å². The number of piperidine rings is 1. The lowest BCUT2D eigenvalue weighted by Gasteiger charge is -2.29. The minimum atomic E-state index is -1.09. The Morgan fingerprint density at radius 2 is 2.14 bits per heavy atom. The van der Waals surface area contributed by atoms with Gasteiger partial charge in [-0.15, -0.1) is 0 Å². The summed E-state index contributed by atoms with van der Waals surface area (Å²) in [5, 5.41) is 23.0. The normalized spacial score (nSPS) is 16.6. The molecule has 0 amide bonds. The zero-order valence-corrected chi connectivity index (χ0v) is 11.9. The fourth-order valence-corrected chi connectivity index (χ4v) is 2.49. The molecule has 0 atom stereocenters. The minimum absolute atomic E-state index is 0.0477. The highest BCUT2D eigenvalue weighted by Crippen LogP contribution is 2.27. The Morgan fingerprint density at radius 3 is 2.71 bits per heavy atom. The summed E-state index contributed by atoms with van der Waals surface area (Å²) in [5.74, 6) is -0.637. The van der Waals surface area contributed by atoms with Crippen LogP contribution in [0.1, 0.15) is 23.2 Å². The van der Waals surface area contributed by atoms with Crippen LogP contribution in [0.5, 0.6) is 0 Å². The number of nitrogens with zero attached hydrogens (tertiary/aromatic N) is 2. The SMILES string of the molecule is CN1CCC(CNc2cc(C(=O)O)ccc2[N+](=O)[O-])CC1. The van der Waals surface area contributed by atoms with Crippen molar-refractivity contribution in [3.05, 3.63) is 33.9 Å². The number of benzene rings is 1. The van der Waals surface area contributed by atoms with Crippen LogP contribution in [-0.4, -0.2) is 47.6 Å². The maximum absolute atomic E-state index is 11.0. The lowest BCUT2D eigenvalue weighted by atomic mass is 9.97. The van der Waals surface area contributed by atoms with Crippen LogP contribution in [0.4, 0.5) is 11.4 Å². The van der Waals surface area contributed by atoms with Crippen LogP contribution in [0, 0.1) is 16.0 Å². The number of likely N-dealkylation sites (tertiary alicyclic amines) is 1. The van der Waals surface area contributed by atoms with Crippen LogP contribution >= 0.6 is 0 Å². The quantitative estimate of drug-likeness (QED) is 0.637. The summed E-state index contributed by atoms with van der Waals surface area (Å²) in [5.41, 5.74) is 0.234. The number of nitrogens with one attached hydrogen (secondary N) is 1. The third kappa shape index (κ3) is 3.91. The van der Waals surface area contributed by atoms with E-state index in [4.69, 9.17) is 5.11 Å². The summed E-state index contributed by atoms with van der Waals surface area (Å²) in [6.07, 6.45) is 2.08. The molecule has 7 heteroatoms.